The number of esters is 1. The first kappa shape index (κ1) is 19.9. The zero-order valence-electron chi connectivity index (χ0n) is 14.5. The first-order chi connectivity index (χ1) is 12.4. The maximum atomic E-state index is 13.1. The Labute approximate surface area is 157 Å². The second-order valence-corrected chi connectivity index (χ2v) is 6.68. The van der Waals surface area contributed by atoms with E-state index in [0.29, 0.717) is 18.4 Å². The van der Waals surface area contributed by atoms with Gasteiger partial charge in [-0.15, -0.1) is 0 Å². The minimum Gasteiger partial charge on any atom is -0.452 e. The van der Waals surface area contributed by atoms with Crippen LogP contribution in [-0.4, -0.2) is 36.0 Å². The van der Waals surface area contributed by atoms with E-state index in [4.69, 9.17) is 16.3 Å². The lowest BCUT2D eigenvalue weighted by Crippen LogP contribution is -2.51. The van der Waals surface area contributed by atoms with Crippen molar-refractivity contribution in [3.8, 4) is 6.07 Å². The second-order valence-electron chi connectivity index (χ2n) is 6.27. The predicted molar refractivity (Wildman–Crippen MR) is 95.6 cm³/mol. The zero-order chi connectivity index (χ0) is 19.2. The molecule has 1 saturated carbocycles. The van der Waals surface area contributed by atoms with Crippen LogP contribution >= 0.6 is 11.6 Å². The van der Waals surface area contributed by atoms with Crippen LogP contribution in [0, 0.1) is 17.1 Å². The molecule has 0 aromatic heterocycles. The Morgan fingerprint density at radius 2 is 2.08 bits per heavy atom. The number of hydrogen-bond donors (Lipinski definition) is 0. The molecule has 0 atom stereocenters. The highest BCUT2D eigenvalue weighted by Gasteiger charge is 2.38. The van der Waals surface area contributed by atoms with Crippen LogP contribution in [0.25, 0.3) is 6.08 Å². The fourth-order valence-corrected chi connectivity index (χ4v) is 3.14. The molecule has 1 amide bonds. The van der Waals surface area contributed by atoms with E-state index >= 15 is 0 Å². The van der Waals surface area contributed by atoms with Gasteiger partial charge < -0.3 is 9.64 Å². The highest BCUT2D eigenvalue weighted by Crippen LogP contribution is 2.32. The molecule has 5 nitrogen and oxygen atoms in total. The molecule has 1 aliphatic carbocycles. The number of likely N-dealkylation sites (N-methyl/N-ethyl adjacent to an activating group) is 1. The van der Waals surface area contributed by atoms with E-state index in [0.717, 1.165) is 25.3 Å². The molecule has 0 saturated heterocycles. The molecule has 1 aromatic carbocycles. The van der Waals surface area contributed by atoms with Crippen molar-refractivity contribution in [1.82, 2.24) is 4.90 Å². The van der Waals surface area contributed by atoms with Gasteiger partial charge in [0.1, 0.15) is 11.4 Å². The quantitative estimate of drug-likeness (QED) is 0.578. The van der Waals surface area contributed by atoms with Crippen molar-refractivity contribution in [2.24, 2.45) is 0 Å². The standard InChI is InChI=1S/C19H20ClFN2O3/c1-23(19(13-22)9-3-2-4-10-19)17(24)12-26-18(25)8-6-14-5-7-16(21)15(20)11-14/h5-8,11H,2-4,9-10,12H2,1H3/b8-6+. The summed E-state index contributed by atoms with van der Waals surface area (Å²) in [5, 5.41) is 9.44. The first-order valence-corrected chi connectivity index (χ1v) is 8.73. The van der Waals surface area contributed by atoms with E-state index in [9.17, 15) is 19.2 Å². The maximum Gasteiger partial charge on any atom is 0.331 e. The van der Waals surface area contributed by atoms with Gasteiger partial charge in [-0.1, -0.05) is 36.9 Å². The Morgan fingerprint density at radius 1 is 1.38 bits per heavy atom. The van der Waals surface area contributed by atoms with Crippen molar-refractivity contribution in [3.63, 3.8) is 0 Å². The van der Waals surface area contributed by atoms with Crippen molar-refractivity contribution >= 4 is 29.6 Å². The summed E-state index contributed by atoms with van der Waals surface area (Å²) in [6, 6.07) is 6.28. The van der Waals surface area contributed by atoms with Crippen molar-refractivity contribution in [3.05, 3.63) is 40.7 Å². The molecule has 0 heterocycles. The van der Waals surface area contributed by atoms with E-state index < -0.39 is 29.8 Å². The maximum absolute atomic E-state index is 13.1. The van der Waals surface area contributed by atoms with E-state index in [1.807, 2.05) is 0 Å². The van der Waals surface area contributed by atoms with Crippen molar-refractivity contribution in [1.29, 1.82) is 5.26 Å². The number of benzene rings is 1. The van der Waals surface area contributed by atoms with Crippen LogP contribution in [0.5, 0.6) is 0 Å². The van der Waals surface area contributed by atoms with E-state index in [2.05, 4.69) is 6.07 Å². The number of nitrogens with zero attached hydrogens (tertiary/aromatic N) is 2. The summed E-state index contributed by atoms with van der Waals surface area (Å²) in [6.45, 7) is -0.437. The Kier molecular flexibility index (Phi) is 6.76. The molecule has 0 unspecified atom stereocenters. The molecule has 1 fully saturated rings. The zero-order valence-corrected chi connectivity index (χ0v) is 15.3. The van der Waals surface area contributed by atoms with Gasteiger partial charge in [0.15, 0.2) is 6.61 Å². The third-order valence-electron chi connectivity index (χ3n) is 4.60. The molecule has 26 heavy (non-hydrogen) atoms. The Morgan fingerprint density at radius 3 is 2.69 bits per heavy atom. The van der Waals surface area contributed by atoms with E-state index in [1.54, 1.807) is 7.05 Å². The smallest absolute Gasteiger partial charge is 0.331 e. The molecular weight excluding hydrogens is 359 g/mol. The second kappa shape index (κ2) is 8.81. The molecule has 2 rings (SSSR count). The summed E-state index contributed by atoms with van der Waals surface area (Å²) in [5.74, 6) is -1.67. The molecule has 0 aliphatic heterocycles. The Hall–Kier alpha value is -2.39. The summed E-state index contributed by atoms with van der Waals surface area (Å²) in [4.78, 5) is 25.4. The van der Waals surface area contributed by atoms with Crippen LogP contribution in [0.4, 0.5) is 4.39 Å². The molecule has 1 aliphatic rings. The van der Waals surface area contributed by atoms with Gasteiger partial charge in [0, 0.05) is 13.1 Å². The molecule has 0 radical (unpaired) electrons. The molecule has 0 N–H and O–H groups in total. The summed E-state index contributed by atoms with van der Waals surface area (Å²) < 4.78 is 18.0. The number of carbonyl (C=O) groups is 2. The fourth-order valence-electron chi connectivity index (χ4n) is 2.96. The highest BCUT2D eigenvalue weighted by atomic mass is 35.5. The van der Waals surface area contributed by atoms with Gasteiger partial charge in [0.05, 0.1) is 11.1 Å². The van der Waals surface area contributed by atoms with Gasteiger partial charge in [-0.05, 0) is 36.6 Å². The van der Waals surface area contributed by atoms with Gasteiger partial charge in [-0.25, -0.2) is 9.18 Å². The van der Waals surface area contributed by atoms with Crippen LogP contribution in [0.2, 0.25) is 5.02 Å². The van der Waals surface area contributed by atoms with Crippen molar-refractivity contribution < 1.29 is 18.7 Å². The molecule has 138 valence electrons. The first-order valence-electron chi connectivity index (χ1n) is 8.36. The summed E-state index contributed by atoms with van der Waals surface area (Å²) in [5.41, 5.74) is -0.287. The molecule has 0 spiro atoms. The fraction of sp³-hybridized carbons (Fsp3) is 0.421. The van der Waals surface area contributed by atoms with E-state index in [-0.39, 0.29) is 5.02 Å². The van der Waals surface area contributed by atoms with Crippen molar-refractivity contribution in [2.45, 2.75) is 37.6 Å². The minimum atomic E-state index is -0.817. The van der Waals surface area contributed by atoms with Gasteiger partial charge in [0.25, 0.3) is 5.91 Å². The Balaban J connectivity index is 1.89. The largest absolute Gasteiger partial charge is 0.452 e. The van der Waals surface area contributed by atoms with Gasteiger partial charge in [0.2, 0.25) is 0 Å². The van der Waals surface area contributed by atoms with Crippen LogP contribution < -0.4 is 0 Å². The number of nitriles is 1. The van der Waals surface area contributed by atoms with Crippen LogP contribution in [0.15, 0.2) is 24.3 Å². The lowest BCUT2D eigenvalue weighted by atomic mass is 9.81. The van der Waals surface area contributed by atoms with Crippen LogP contribution in [-0.2, 0) is 14.3 Å². The monoisotopic (exact) mass is 378 g/mol. The van der Waals surface area contributed by atoms with Crippen LogP contribution in [0.3, 0.4) is 0 Å². The number of carbonyl (C=O) groups excluding carboxylic acids is 2. The molecule has 7 heteroatoms. The molecule has 0 bridgehead atoms. The minimum absolute atomic E-state index is 0.0494. The van der Waals surface area contributed by atoms with Gasteiger partial charge in [-0.3, -0.25) is 4.79 Å². The normalized spacial score (nSPS) is 16.1. The summed E-state index contributed by atoms with van der Waals surface area (Å²) >= 11 is 5.67. The SMILES string of the molecule is CN(C(=O)COC(=O)/C=C/c1ccc(F)c(Cl)c1)C1(C#N)CCCCC1. The van der Waals surface area contributed by atoms with E-state index in [1.165, 1.54) is 29.2 Å². The Bertz CT molecular complexity index is 752. The topological polar surface area (TPSA) is 70.4 Å². The number of rotatable bonds is 5. The lowest BCUT2D eigenvalue weighted by Gasteiger charge is -2.38. The summed E-state index contributed by atoms with van der Waals surface area (Å²) in [7, 11) is 1.57. The number of halogens is 2. The third kappa shape index (κ3) is 4.83. The summed E-state index contributed by atoms with van der Waals surface area (Å²) in [6.07, 6.45) is 6.66. The number of ether oxygens (including phenoxy) is 1. The predicted octanol–water partition coefficient (Wildman–Crippen LogP) is 3.72. The third-order valence-corrected chi connectivity index (χ3v) is 4.89. The molecule has 1 aromatic rings. The average Bonchev–Trinajstić information content (AvgIpc) is 2.66. The molecular formula is C19H20ClFN2O3. The number of amides is 1. The average molecular weight is 379 g/mol. The van der Waals surface area contributed by atoms with Gasteiger partial charge >= 0.3 is 5.97 Å². The van der Waals surface area contributed by atoms with Crippen LogP contribution in [0.1, 0.15) is 37.7 Å². The number of hydrogen-bond acceptors (Lipinski definition) is 4. The van der Waals surface area contributed by atoms with Crippen molar-refractivity contribution in [2.75, 3.05) is 13.7 Å². The highest BCUT2D eigenvalue weighted by molar-refractivity contribution is 6.30. The lowest BCUT2D eigenvalue weighted by molar-refractivity contribution is -0.150. The van der Waals surface area contributed by atoms with Gasteiger partial charge in [-0.2, -0.15) is 5.26 Å².